The van der Waals surface area contributed by atoms with Crippen molar-refractivity contribution in [2.75, 3.05) is 16.3 Å². The minimum absolute atomic E-state index is 0.503. The fourth-order valence-corrected chi connectivity index (χ4v) is 2.64. The number of sulfonamides is 1. The third-order valence-electron chi connectivity index (χ3n) is 2.65. The highest BCUT2D eigenvalue weighted by molar-refractivity contribution is 7.92. The summed E-state index contributed by atoms with van der Waals surface area (Å²) in [7, 11) is -3.28. The molecule has 2 aromatic rings. The maximum absolute atomic E-state index is 11.2. The minimum Gasteiger partial charge on any atom is -0.381 e. The zero-order valence-electron chi connectivity index (χ0n) is 11.2. The Morgan fingerprint density at radius 2 is 1.71 bits per heavy atom. The molecule has 0 saturated carbocycles. The standard InChI is InChI=1S/C14H14Cl2N2O2S/c1-21(19,20)18-12-4-2-3-11(8-12)17-9-10-5-6-13(15)14(16)7-10/h2-8,17-18H,9H2,1H3. The fourth-order valence-electron chi connectivity index (χ4n) is 1.76. The molecular weight excluding hydrogens is 331 g/mol. The number of benzene rings is 2. The van der Waals surface area contributed by atoms with E-state index in [1.807, 2.05) is 12.1 Å². The first-order valence-electron chi connectivity index (χ1n) is 6.09. The molecule has 0 spiro atoms. The van der Waals surface area contributed by atoms with Gasteiger partial charge in [-0.15, -0.1) is 0 Å². The van der Waals surface area contributed by atoms with Crippen LogP contribution in [0.2, 0.25) is 10.0 Å². The van der Waals surface area contributed by atoms with Gasteiger partial charge in [-0.05, 0) is 35.9 Å². The summed E-state index contributed by atoms with van der Waals surface area (Å²) < 4.78 is 24.8. The molecule has 0 aliphatic carbocycles. The Hall–Kier alpha value is -1.43. The normalized spacial score (nSPS) is 11.2. The maximum atomic E-state index is 11.2. The Kier molecular flexibility index (Phi) is 4.98. The van der Waals surface area contributed by atoms with Crippen molar-refractivity contribution >= 4 is 44.6 Å². The Labute approximate surface area is 134 Å². The van der Waals surface area contributed by atoms with E-state index in [9.17, 15) is 8.42 Å². The lowest BCUT2D eigenvalue weighted by Crippen LogP contribution is -2.09. The van der Waals surface area contributed by atoms with Gasteiger partial charge in [-0.25, -0.2) is 8.42 Å². The molecule has 0 saturated heterocycles. The van der Waals surface area contributed by atoms with Crippen molar-refractivity contribution < 1.29 is 8.42 Å². The number of nitrogens with one attached hydrogen (secondary N) is 2. The second kappa shape index (κ2) is 6.56. The number of halogens is 2. The zero-order chi connectivity index (χ0) is 15.5. The average molecular weight is 345 g/mol. The monoisotopic (exact) mass is 344 g/mol. The van der Waals surface area contributed by atoms with Gasteiger partial charge in [0, 0.05) is 12.2 Å². The van der Waals surface area contributed by atoms with Gasteiger partial charge in [-0.2, -0.15) is 0 Å². The highest BCUT2D eigenvalue weighted by Gasteiger charge is 2.03. The summed E-state index contributed by atoms with van der Waals surface area (Å²) in [6.45, 7) is 0.555. The summed E-state index contributed by atoms with van der Waals surface area (Å²) in [6, 6.07) is 12.4. The molecule has 4 nitrogen and oxygen atoms in total. The summed E-state index contributed by atoms with van der Waals surface area (Å²) in [4.78, 5) is 0. The van der Waals surface area contributed by atoms with Gasteiger partial charge in [0.15, 0.2) is 0 Å². The van der Waals surface area contributed by atoms with Gasteiger partial charge in [-0.1, -0.05) is 35.3 Å². The predicted octanol–water partition coefficient (Wildman–Crippen LogP) is 3.98. The maximum Gasteiger partial charge on any atom is 0.229 e. The molecule has 2 rings (SSSR count). The van der Waals surface area contributed by atoms with Crippen LogP contribution in [0.1, 0.15) is 5.56 Å². The first-order chi connectivity index (χ1) is 9.83. The lowest BCUT2D eigenvalue weighted by Gasteiger charge is -2.10. The molecule has 0 aliphatic rings. The third-order valence-corrected chi connectivity index (χ3v) is 3.99. The summed E-state index contributed by atoms with van der Waals surface area (Å²) in [5, 5.41) is 4.21. The minimum atomic E-state index is -3.28. The van der Waals surface area contributed by atoms with Crippen LogP contribution in [0.3, 0.4) is 0 Å². The van der Waals surface area contributed by atoms with Crippen LogP contribution in [0.25, 0.3) is 0 Å². The number of anilines is 2. The van der Waals surface area contributed by atoms with Crippen LogP contribution >= 0.6 is 23.2 Å². The van der Waals surface area contributed by atoms with Crippen molar-refractivity contribution in [3.8, 4) is 0 Å². The number of hydrogen-bond acceptors (Lipinski definition) is 3. The SMILES string of the molecule is CS(=O)(=O)Nc1cccc(NCc2ccc(Cl)c(Cl)c2)c1. The second-order valence-corrected chi connectivity index (χ2v) is 7.12. The Bertz CT molecular complexity index is 748. The molecule has 112 valence electrons. The number of rotatable bonds is 5. The molecule has 2 aromatic carbocycles. The molecule has 0 unspecified atom stereocenters. The van der Waals surface area contributed by atoms with Crippen molar-refractivity contribution in [2.24, 2.45) is 0 Å². The first-order valence-corrected chi connectivity index (χ1v) is 8.74. The lowest BCUT2D eigenvalue weighted by atomic mass is 10.2. The van der Waals surface area contributed by atoms with Crippen LogP contribution in [0.5, 0.6) is 0 Å². The Morgan fingerprint density at radius 1 is 1.00 bits per heavy atom. The molecule has 0 aromatic heterocycles. The van der Waals surface area contributed by atoms with Crippen molar-refractivity contribution in [2.45, 2.75) is 6.54 Å². The van der Waals surface area contributed by atoms with Crippen LogP contribution in [0.15, 0.2) is 42.5 Å². The molecule has 0 aliphatic heterocycles. The average Bonchev–Trinajstić information content (AvgIpc) is 2.39. The summed E-state index contributed by atoms with van der Waals surface area (Å²) in [6.07, 6.45) is 1.11. The highest BCUT2D eigenvalue weighted by Crippen LogP contribution is 2.23. The van der Waals surface area contributed by atoms with E-state index >= 15 is 0 Å². The quantitative estimate of drug-likeness (QED) is 0.862. The molecule has 0 heterocycles. The van der Waals surface area contributed by atoms with Gasteiger partial charge in [0.2, 0.25) is 10.0 Å². The predicted molar refractivity (Wildman–Crippen MR) is 88.7 cm³/mol. The van der Waals surface area contributed by atoms with Gasteiger partial charge in [0.1, 0.15) is 0 Å². The van der Waals surface area contributed by atoms with Crippen LogP contribution in [0, 0.1) is 0 Å². The van der Waals surface area contributed by atoms with Crippen LogP contribution in [-0.4, -0.2) is 14.7 Å². The van der Waals surface area contributed by atoms with E-state index in [-0.39, 0.29) is 0 Å². The van der Waals surface area contributed by atoms with E-state index in [0.29, 0.717) is 22.3 Å². The van der Waals surface area contributed by atoms with Gasteiger partial charge >= 0.3 is 0 Å². The van der Waals surface area contributed by atoms with E-state index in [2.05, 4.69) is 10.0 Å². The van der Waals surface area contributed by atoms with Crippen LogP contribution in [-0.2, 0) is 16.6 Å². The van der Waals surface area contributed by atoms with E-state index in [4.69, 9.17) is 23.2 Å². The topological polar surface area (TPSA) is 58.2 Å². The van der Waals surface area contributed by atoms with Crippen molar-refractivity contribution in [1.29, 1.82) is 0 Å². The molecule has 2 N–H and O–H groups in total. The van der Waals surface area contributed by atoms with Gasteiger partial charge in [0.05, 0.1) is 22.0 Å². The fraction of sp³-hybridized carbons (Fsp3) is 0.143. The van der Waals surface area contributed by atoms with E-state index in [1.165, 1.54) is 0 Å². The lowest BCUT2D eigenvalue weighted by molar-refractivity contribution is 0.607. The highest BCUT2D eigenvalue weighted by atomic mass is 35.5. The van der Waals surface area contributed by atoms with Crippen molar-refractivity contribution in [3.05, 3.63) is 58.1 Å². The Morgan fingerprint density at radius 3 is 2.38 bits per heavy atom. The summed E-state index contributed by atoms with van der Waals surface area (Å²) >= 11 is 11.8. The smallest absolute Gasteiger partial charge is 0.229 e. The van der Waals surface area contributed by atoms with E-state index in [1.54, 1.807) is 30.3 Å². The van der Waals surface area contributed by atoms with Gasteiger partial charge < -0.3 is 5.32 Å². The second-order valence-electron chi connectivity index (χ2n) is 4.56. The first kappa shape index (κ1) is 15.9. The molecule has 0 radical (unpaired) electrons. The van der Waals surface area contributed by atoms with Crippen LogP contribution in [0.4, 0.5) is 11.4 Å². The molecule has 0 amide bonds. The Balaban J connectivity index is 2.06. The molecule has 0 atom stereocenters. The van der Waals surface area contributed by atoms with E-state index in [0.717, 1.165) is 17.5 Å². The van der Waals surface area contributed by atoms with E-state index < -0.39 is 10.0 Å². The molecule has 21 heavy (non-hydrogen) atoms. The van der Waals surface area contributed by atoms with Gasteiger partial charge in [0.25, 0.3) is 0 Å². The molecule has 0 bridgehead atoms. The molecular formula is C14H14Cl2N2O2S. The van der Waals surface area contributed by atoms with Crippen molar-refractivity contribution in [1.82, 2.24) is 0 Å². The summed E-state index contributed by atoms with van der Waals surface area (Å²) in [5.41, 5.74) is 2.29. The molecule has 7 heteroatoms. The number of hydrogen-bond donors (Lipinski definition) is 2. The van der Waals surface area contributed by atoms with Gasteiger partial charge in [-0.3, -0.25) is 4.72 Å². The zero-order valence-corrected chi connectivity index (χ0v) is 13.6. The van der Waals surface area contributed by atoms with Crippen LogP contribution < -0.4 is 10.0 Å². The largest absolute Gasteiger partial charge is 0.381 e. The molecule has 0 fully saturated rings. The van der Waals surface area contributed by atoms with Crippen molar-refractivity contribution in [3.63, 3.8) is 0 Å². The third kappa shape index (κ3) is 5.12. The summed E-state index contributed by atoms with van der Waals surface area (Å²) in [5.74, 6) is 0.